The van der Waals surface area contributed by atoms with Gasteiger partial charge in [0.1, 0.15) is 0 Å². The van der Waals surface area contributed by atoms with Crippen LogP contribution in [0.4, 0.5) is 13.2 Å². The van der Waals surface area contributed by atoms with Gasteiger partial charge in [-0.25, -0.2) is 26.3 Å². The molecule has 1 atom stereocenters. The van der Waals surface area contributed by atoms with Crippen molar-refractivity contribution in [2.45, 2.75) is 75.7 Å². The maximum absolute atomic E-state index is 12.7. The van der Waals surface area contributed by atoms with Crippen LogP contribution >= 0.6 is 0 Å². The molecule has 1 aliphatic carbocycles. The number of alkyl halides is 3. The number of halogens is 3. The Kier molecular flexibility index (Phi) is 10.5. The summed E-state index contributed by atoms with van der Waals surface area (Å²) in [4.78, 5) is 0. The Bertz CT molecular complexity index is 1320. The third-order valence-corrected chi connectivity index (χ3v) is 10.9. The molecule has 0 radical (unpaired) electrons. The first-order chi connectivity index (χ1) is 18.5. The molecule has 2 aromatic rings. The van der Waals surface area contributed by atoms with Crippen molar-refractivity contribution in [1.82, 2.24) is 9.44 Å². The van der Waals surface area contributed by atoms with E-state index in [1.54, 1.807) is 13.8 Å². The van der Waals surface area contributed by atoms with Gasteiger partial charge < -0.3 is 5.11 Å². The van der Waals surface area contributed by atoms with Crippen LogP contribution in [0.25, 0.3) is 0 Å². The molecule has 1 fully saturated rings. The molecule has 0 saturated heterocycles. The van der Waals surface area contributed by atoms with Gasteiger partial charge in [0.25, 0.3) is 0 Å². The molecule has 224 valence electrons. The molecule has 12 heteroatoms. The molecule has 0 spiro atoms. The Balaban J connectivity index is 1.47. The first-order valence-corrected chi connectivity index (χ1v) is 16.6. The molecule has 2 aromatic carbocycles. The summed E-state index contributed by atoms with van der Waals surface area (Å²) in [7, 11) is -7.04. The van der Waals surface area contributed by atoms with Gasteiger partial charge in [0.15, 0.2) is 0 Å². The number of aliphatic hydroxyl groups is 1. The van der Waals surface area contributed by atoms with Crippen LogP contribution in [0.5, 0.6) is 0 Å². The molecule has 0 heterocycles. The number of nitrogens with one attached hydrogen (secondary N) is 2. The zero-order valence-corrected chi connectivity index (χ0v) is 24.7. The van der Waals surface area contributed by atoms with E-state index in [9.17, 15) is 35.1 Å². The average molecular weight is 605 g/mol. The topological polar surface area (TPSA) is 113 Å². The highest BCUT2D eigenvalue weighted by molar-refractivity contribution is 7.90. The van der Waals surface area contributed by atoms with Crippen molar-refractivity contribution in [2.75, 3.05) is 13.1 Å². The van der Waals surface area contributed by atoms with Crippen molar-refractivity contribution < 1.29 is 35.1 Å². The zero-order chi connectivity index (χ0) is 29.8. The number of hydrogen-bond donors (Lipinski definition) is 3. The minimum absolute atomic E-state index is 0.132. The smallest absolute Gasteiger partial charge is 0.385 e. The fourth-order valence-electron chi connectivity index (χ4n) is 4.95. The largest absolute Gasteiger partial charge is 0.416 e. The van der Waals surface area contributed by atoms with E-state index in [0.29, 0.717) is 31.7 Å². The summed E-state index contributed by atoms with van der Waals surface area (Å²) in [6, 6.07) is 11.5. The lowest BCUT2D eigenvalue weighted by Gasteiger charge is -2.38. The molecule has 3 rings (SSSR count). The van der Waals surface area contributed by atoms with Crippen molar-refractivity contribution in [3.63, 3.8) is 0 Å². The number of hydrogen-bond acceptors (Lipinski definition) is 5. The van der Waals surface area contributed by atoms with Crippen LogP contribution in [-0.2, 0) is 44.0 Å². The first kappa shape index (κ1) is 32.5. The van der Waals surface area contributed by atoms with Crippen LogP contribution in [0, 0.1) is 11.8 Å². The fraction of sp³-hybridized carbons (Fsp3) is 0.571. The Morgan fingerprint density at radius 3 is 1.98 bits per heavy atom. The lowest BCUT2D eigenvalue weighted by atomic mass is 9.71. The molecule has 0 bridgehead atoms. The molecule has 1 aliphatic rings. The molecule has 1 unspecified atom stereocenters. The Hall–Kier alpha value is -1.99. The highest BCUT2D eigenvalue weighted by Gasteiger charge is 2.36. The summed E-state index contributed by atoms with van der Waals surface area (Å²) in [6.07, 6.45) is -1.36. The quantitative estimate of drug-likeness (QED) is 0.325. The van der Waals surface area contributed by atoms with Gasteiger partial charge in [0.05, 0.1) is 22.2 Å². The molecule has 1 saturated carbocycles. The normalized spacial score (nSPS) is 21.4. The van der Waals surface area contributed by atoms with Gasteiger partial charge in [0, 0.05) is 13.1 Å². The molecule has 7 nitrogen and oxygen atoms in total. The van der Waals surface area contributed by atoms with Gasteiger partial charge in [-0.05, 0) is 86.6 Å². The second-order valence-corrected chi connectivity index (χ2v) is 15.2. The summed E-state index contributed by atoms with van der Waals surface area (Å²) in [5, 5.41) is 10.8. The van der Waals surface area contributed by atoms with E-state index in [0.717, 1.165) is 48.2 Å². The van der Waals surface area contributed by atoms with Gasteiger partial charge in [-0.15, -0.1) is 0 Å². The molecule has 3 N–H and O–H groups in total. The van der Waals surface area contributed by atoms with E-state index in [1.165, 1.54) is 0 Å². The van der Waals surface area contributed by atoms with Gasteiger partial charge in [-0.3, -0.25) is 0 Å². The summed E-state index contributed by atoms with van der Waals surface area (Å²) < 4.78 is 92.1. The predicted molar refractivity (Wildman–Crippen MR) is 149 cm³/mol. The summed E-state index contributed by atoms with van der Waals surface area (Å²) in [5.41, 5.74) is 0.147. The van der Waals surface area contributed by atoms with Gasteiger partial charge in [-0.1, -0.05) is 43.3 Å². The number of benzene rings is 2. The van der Waals surface area contributed by atoms with Crippen molar-refractivity contribution in [3.8, 4) is 0 Å². The molecular formula is C28H39F3N2O5S2. The van der Waals surface area contributed by atoms with Crippen LogP contribution in [0.15, 0.2) is 48.5 Å². The van der Waals surface area contributed by atoms with Crippen LogP contribution in [0.2, 0.25) is 0 Å². The van der Waals surface area contributed by atoms with Crippen molar-refractivity contribution >= 4 is 20.0 Å². The fourth-order valence-corrected chi connectivity index (χ4v) is 6.92. The van der Waals surface area contributed by atoms with E-state index in [-0.39, 0.29) is 18.0 Å². The zero-order valence-electron chi connectivity index (χ0n) is 23.0. The van der Waals surface area contributed by atoms with Crippen LogP contribution < -0.4 is 9.44 Å². The molecule has 0 amide bonds. The van der Waals surface area contributed by atoms with Gasteiger partial charge in [0.2, 0.25) is 20.0 Å². The third-order valence-electron chi connectivity index (χ3n) is 7.75. The Morgan fingerprint density at radius 2 is 1.45 bits per heavy atom. The lowest BCUT2D eigenvalue weighted by Crippen LogP contribution is -2.38. The summed E-state index contributed by atoms with van der Waals surface area (Å²) in [5.74, 6) is 0.0498. The van der Waals surface area contributed by atoms with Crippen LogP contribution in [-0.4, -0.2) is 40.3 Å². The van der Waals surface area contributed by atoms with Crippen LogP contribution in [0.1, 0.15) is 68.7 Å². The average Bonchev–Trinajstić information content (AvgIpc) is 2.87. The predicted octanol–water partition coefficient (Wildman–Crippen LogP) is 4.71. The maximum atomic E-state index is 12.7. The van der Waals surface area contributed by atoms with Crippen molar-refractivity contribution in [3.05, 3.63) is 70.8 Å². The standard InChI is InChI=1S/C28H39F3N2O5S2/c1-20(2)40(37,38)33-18-21(3)24-12-15-27(34,16-13-24)25-8-4-22(5-9-25)14-17-32-39(35,36)19-23-6-10-26(11-7-23)28(29,30)31/h4-11,20-21,24,32-34H,12-19H2,1-3H3. The van der Waals surface area contributed by atoms with E-state index >= 15 is 0 Å². The number of rotatable bonds is 12. The van der Waals surface area contributed by atoms with Crippen LogP contribution in [0.3, 0.4) is 0 Å². The van der Waals surface area contributed by atoms with E-state index in [2.05, 4.69) is 9.44 Å². The molecular weight excluding hydrogens is 565 g/mol. The maximum Gasteiger partial charge on any atom is 0.416 e. The monoisotopic (exact) mass is 604 g/mol. The third kappa shape index (κ3) is 9.01. The minimum atomic E-state index is -4.48. The Morgan fingerprint density at radius 1 is 0.900 bits per heavy atom. The Labute approximate surface area is 235 Å². The summed E-state index contributed by atoms with van der Waals surface area (Å²) >= 11 is 0. The first-order valence-electron chi connectivity index (χ1n) is 13.4. The lowest BCUT2D eigenvalue weighted by molar-refractivity contribution is -0.137. The number of sulfonamides is 2. The highest BCUT2D eigenvalue weighted by atomic mass is 32.2. The molecule has 0 aromatic heterocycles. The van der Waals surface area contributed by atoms with Gasteiger partial charge >= 0.3 is 6.18 Å². The van der Waals surface area contributed by atoms with E-state index in [4.69, 9.17) is 0 Å². The molecule has 0 aliphatic heterocycles. The highest BCUT2D eigenvalue weighted by Crippen LogP contribution is 2.42. The molecule has 40 heavy (non-hydrogen) atoms. The van der Waals surface area contributed by atoms with E-state index < -0.39 is 48.4 Å². The second kappa shape index (κ2) is 12.9. The SMILES string of the molecule is CC(CNS(=O)(=O)C(C)C)C1CCC(O)(c2ccc(CCNS(=O)(=O)Cc3ccc(C(F)(F)F)cc3)cc2)CC1. The van der Waals surface area contributed by atoms with Gasteiger partial charge in [-0.2, -0.15) is 13.2 Å². The van der Waals surface area contributed by atoms with Crippen molar-refractivity contribution in [1.29, 1.82) is 0 Å². The minimum Gasteiger partial charge on any atom is -0.385 e. The van der Waals surface area contributed by atoms with E-state index in [1.807, 2.05) is 31.2 Å². The van der Waals surface area contributed by atoms with Crippen molar-refractivity contribution in [2.24, 2.45) is 11.8 Å². The summed E-state index contributed by atoms with van der Waals surface area (Å²) in [6.45, 7) is 5.83. The second-order valence-electron chi connectivity index (χ2n) is 11.1.